The van der Waals surface area contributed by atoms with Gasteiger partial charge in [-0.1, -0.05) is 51.0 Å². The summed E-state index contributed by atoms with van der Waals surface area (Å²) in [5, 5.41) is 4.35. The molecule has 0 amide bonds. The van der Waals surface area contributed by atoms with E-state index in [4.69, 9.17) is 0 Å². The lowest BCUT2D eigenvalue weighted by atomic mass is 10.2. The van der Waals surface area contributed by atoms with Gasteiger partial charge < -0.3 is 5.32 Å². The van der Waals surface area contributed by atoms with Gasteiger partial charge in [0.1, 0.15) is 0 Å². The fourth-order valence-corrected chi connectivity index (χ4v) is 2.23. The van der Waals surface area contributed by atoms with Gasteiger partial charge in [0.2, 0.25) is 0 Å². The predicted molar refractivity (Wildman–Crippen MR) is 75.8 cm³/mol. The van der Waals surface area contributed by atoms with E-state index < -0.39 is 0 Å². The van der Waals surface area contributed by atoms with Crippen LogP contribution in [0.2, 0.25) is 0 Å². The van der Waals surface area contributed by atoms with Crippen LogP contribution in [-0.4, -0.2) is 5.75 Å². The van der Waals surface area contributed by atoms with Crippen LogP contribution in [0.15, 0.2) is 41.9 Å². The summed E-state index contributed by atoms with van der Waals surface area (Å²) in [6.07, 6.45) is 5.27. The molecule has 0 aliphatic heterocycles. The molecule has 0 saturated heterocycles. The quantitative estimate of drug-likeness (QED) is 0.644. The van der Waals surface area contributed by atoms with Gasteiger partial charge in [-0.25, -0.2) is 0 Å². The van der Waals surface area contributed by atoms with Gasteiger partial charge in [-0.3, -0.25) is 0 Å². The maximum atomic E-state index is 4.02. The monoisotopic (exact) mass is 235 g/mol. The smallest absolute Gasteiger partial charge is 0.0652 e. The first-order valence-electron chi connectivity index (χ1n) is 5.96. The fraction of sp³-hybridized carbons (Fsp3) is 0.429. The number of para-hydroxylation sites is 1. The lowest BCUT2D eigenvalue weighted by Gasteiger charge is -2.08. The Kier molecular flexibility index (Phi) is 6.82. The Labute approximate surface area is 103 Å². The van der Waals surface area contributed by atoms with E-state index in [0.29, 0.717) is 0 Å². The average Bonchev–Trinajstić information content (AvgIpc) is 2.30. The van der Waals surface area contributed by atoms with Crippen molar-refractivity contribution in [1.82, 2.24) is 0 Å². The molecule has 0 aromatic heterocycles. The van der Waals surface area contributed by atoms with Gasteiger partial charge in [0.25, 0.3) is 0 Å². The maximum Gasteiger partial charge on any atom is 0.0652 e. The largest absolute Gasteiger partial charge is 0.351 e. The van der Waals surface area contributed by atoms with Crippen molar-refractivity contribution >= 4 is 17.4 Å². The summed E-state index contributed by atoms with van der Waals surface area (Å²) in [5.41, 5.74) is 1.12. The molecule has 0 atom stereocenters. The Morgan fingerprint density at radius 1 is 1.19 bits per heavy atom. The van der Waals surface area contributed by atoms with E-state index in [1.165, 1.54) is 31.4 Å². The van der Waals surface area contributed by atoms with Crippen LogP contribution in [0.25, 0.3) is 0 Å². The molecule has 0 saturated carbocycles. The average molecular weight is 235 g/mol. The minimum atomic E-state index is 1.04. The van der Waals surface area contributed by atoms with E-state index in [1.807, 2.05) is 30.0 Å². The lowest BCUT2D eigenvalue weighted by Crippen LogP contribution is -1.95. The highest BCUT2D eigenvalue weighted by molar-refractivity contribution is 8.03. The molecule has 16 heavy (non-hydrogen) atoms. The molecule has 0 spiro atoms. The molecular weight excluding hydrogens is 214 g/mol. The van der Waals surface area contributed by atoms with Gasteiger partial charge in [-0.05, 0) is 24.3 Å². The molecule has 0 bridgehead atoms. The number of hydrogen-bond acceptors (Lipinski definition) is 2. The zero-order valence-corrected chi connectivity index (χ0v) is 10.9. The number of benzene rings is 1. The second kappa shape index (κ2) is 8.28. The van der Waals surface area contributed by atoms with Crippen molar-refractivity contribution in [3.8, 4) is 0 Å². The summed E-state index contributed by atoms with van der Waals surface area (Å²) in [6.45, 7) is 6.26. The highest BCUT2D eigenvalue weighted by Crippen LogP contribution is 2.19. The minimum absolute atomic E-state index is 1.04. The Hall–Kier alpha value is -0.890. The van der Waals surface area contributed by atoms with Crippen LogP contribution in [0.3, 0.4) is 0 Å². The van der Waals surface area contributed by atoms with Crippen molar-refractivity contribution in [2.24, 2.45) is 0 Å². The van der Waals surface area contributed by atoms with Gasteiger partial charge in [0.15, 0.2) is 0 Å². The van der Waals surface area contributed by atoms with Gasteiger partial charge in [-0.15, -0.1) is 11.8 Å². The third kappa shape index (κ3) is 5.86. The van der Waals surface area contributed by atoms with Crippen molar-refractivity contribution in [1.29, 1.82) is 0 Å². The molecule has 0 aliphatic rings. The molecule has 88 valence electrons. The van der Waals surface area contributed by atoms with Crippen molar-refractivity contribution in [2.45, 2.75) is 32.6 Å². The third-order valence-electron chi connectivity index (χ3n) is 2.33. The van der Waals surface area contributed by atoms with E-state index in [9.17, 15) is 0 Å². The van der Waals surface area contributed by atoms with Crippen LogP contribution in [0.5, 0.6) is 0 Å². The topological polar surface area (TPSA) is 12.0 Å². The molecule has 1 N–H and O–H groups in total. The van der Waals surface area contributed by atoms with Crippen LogP contribution in [-0.2, 0) is 0 Å². The van der Waals surface area contributed by atoms with E-state index >= 15 is 0 Å². The normalized spacial score (nSPS) is 10.1. The lowest BCUT2D eigenvalue weighted by molar-refractivity contribution is 0.707. The first-order valence-corrected chi connectivity index (χ1v) is 6.95. The second-order valence-corrected chi connectivity index (χ2v) is 5.01. The van der Waals surface area contributed by atoms with Crippen LogP contribution in [0.1, 0.15) is 32.6 Å². The fourth-order valence-electron chi connectivity index (χ4n) is 1.44. The second-order valence-electron chi connectivity index (χ2n) is 3.82. The molecule has 1 aromatic carbocycles. The molecular formula is C14H21NS. The summed E-state index contributed by atoms with van der Waals surface area (Å²) in [7, 11) is 0. The highest BCUT2D eigenvalue weighted by Gasteiger charge is 1.96. The van der Waals surface area contributed by atoms with Gasteiger partial charge in [0, 0.05) is 5.69 Å². The van der Waals surface area contributed by atoms with E-state index in [2.05, 4.69) is 31.0 Å². The number of nitrogens with one attached hydrogen (secondary N) is 1. The summed E-state index contributed by atoms with van der Waals surface area (Å²) in [6, 6.07) is 10.2. The number of thioether (sulfide) groups is 1. The van der Waals surface area contributed by atoms with Crippen molar-refractivity contribution in [3.05, 3.63) is 41.9 Å². The van der Waals surface area contributed by atoms with E-state index in [0.717, 1.165) is 10.7 Å². The van der Waals surface area contributed by atoms with Crippen molar-refractivity contribution < 1.29 is 0 Å². The molecule has 0 unspecified atom stereocenters. The third-order valence-corrected chi connectivity index (χ3v) is 3.28. The van der Waals surface area contributed by atoms with Crippen LogP contribution < -0.4 is 5.32 Å². The number of anilines is 1. The molecule has 0 fully saturated rings. The van der Waals surface area contributed by atoms with E-state index in [-0.39, 0.29) is 0 Å². The first-order chi connectivity index (χ1) is 7.83. The summed E-state index contributed by atoms with van der Waals surface area (Å²) in [4.78, 5) is 0. The SMILES string of the molecule is C=C(Nc1ccccc1)SCCCCCC. The summed E-state index contributed by atoms with van der Waals surface area (Å²) < 4.78 is 0. The van der Waals surface area contributed by atoms with Gasteiger partial charge >= 0.3 is 0 Å². The van der Waals surface area contributed by atoms with Crippen LogP contribution in [0.4, 0.5) is 5.69 Å². The molecule has 2 heteroatoms. The molecule has 0 aliphatic carbocycles. The maximum absolute atomic E-state index is 4.02. The zero-order chi connectivity index (χ0) is 11.6. The van der Waals surface area contributed by atoms with Crippen molar-refractivity contribution in [2.75, 3.05) is 11.1 Å². The first kappa shape index (κ1) is 13.2. The van der Waals surface area contributed by atoms with Crippen molar-refractivity contribution in [3.63, 3.8) is 0 Å². The van der Waals surface area contributed by atoms with E-state index in [1.54, 1.807) is 0 Å². The Bertz CT molecular complexity index is 295. The number of rotatable bonds is 8. The molecule has 0 radical (unpaired) electrons. The van der Waals surface area contributed by atoms with Crippen LogP contribution in [0, 0.1) is 0 Å². The number of unbranched alkanes of at least 4 members (excludes halogenated alkanes) is 3. The van der Waals surface area contributed by atoms with Gasteiger partial charge in [0.05, 0.1) is 5.03 Å². The predicted octanol–water partition coefficient (Wildman–Crippen LogP) is 4.88. The zero-order valence-electron chi connectivity index (χ0n) is 10.0. The Morgan fingerprint density at radius 2 is 1.94 bits per heavy atom. The van der Waals surface area contributed by atoms with Gasteiger partial charge in [-0.2, -0.15) is 0 Å². The Balaban J connectivity index is 2.12. The van der Waals surface area contributed by atoms with Crippen LogP contribution >= 0.6 is 11.8 Å². The standard InChI is InChI=1S/C14H21NS/c1-3-4-5-9-12-16-13(2)15-14-10-7-6-8-11-14/h6-8,10-11,15H,2-5,9,12H2,1H3. The minimum Gasteiger partial charge on any atom is -0.351 e. The molecule has 0 heterocycles. The molecule has 1 nitrogen and oxygen atoms in total. The summed E-state index contributed by atoms with van der Waals surface area (Å²) in [5.74, 6) is 1.17. The molecule has 1 rings (SSSR count). The number of hydrogen-bond donors (Lipinski definition) is 1. The Morgan fingerprint density at radius 3 is 2.62 bits per heavy atom. The summed E-state index contributed by atoms with van der Waals surface area (Å²) >= 11 is 1.82. The molecule has 1 aromatic rings. The highest BCUT2D eigenvalue weighted by atomic mass is 32.2.